The summed E-state index contributed by atoms with van der Waals surface area (Å²) in [6.45, 7) is 8.25. The van der Waals surface area contributed by atoms with E-state index in [1.807, 2.05) is 18.2 Å². The first-order valence-electron chi connectivity index (χ1n) is 7.22. The molecule has 1 rings (SSSR count). The molecule has 0 N–H and O–H groups in total. The van der Waals surface area contributed by atoms with E-state index in [4.69, 9.17) is 4.74 Å². The molecule has 0 unspecified atom stereocenters. The summed E-state index contributed by atoms with van der Waals surface area (Å²) in [5, 5.41) is 0. The Labute approximate surface area is 128 Å². The lowest BCUT2D eigenvalue weighted by molar-refractivity contribution is 0.0497. The van der Waals surface area contributed by atoms with E-state index < -0.39 is 0 Å². The Kier molecular flexibility index (Phi) is 11.1. The van der Waals surface area contributed by atoms with Gasteiger partial charge in [-0.25, -0.2) is 4.79 Å². The van der Waals surface area contributed by atoms with Crippen molar-refractivity contribution in [3.8, 4) is 0 Å². The van der Waals surface area contributed by atoms with Crippen LogP contribution in [0.25, 0.3) is 0 Å². The first kappa shape index (κ1) is 18.9. The van der Waals surface area contributed by atoms with Gasteiger partial charge in [-0.2, -0.15) is 0 Å². The van der Waals surface area contributed by atoms with Crippen LogP contribution in [-0.4, -0.2) is 37.1 Å². The molecule has 1 aromatic carbocycles. The van der Waals surface area contributed by atoms with Crippen molar-refractivity contribution >= 4 is 18.4 Å². The van der Waals surface area contributed by atoms with Crippen molar-refractivity contribution < 1.29 is 9.53 Å². The Balaban J connectivity index is 0.00000361. The van der Waals surface area contributed by atoms with Crippen LogP contribution in [0.2, 0.25) is 0 Å². The summed E-state index contributed by atoms with van der Waals surface area (Å²) in [6.07, 6.45) is 3.23. The van der Waals surface area contributed by atoms with E-state index in [1.54, 1.807) is 12.1 Å². The van der Waals surface area contributed by atoms with Crippen molar-refractivity contribution in [2.45, 2.75) is 33.1 Å². The van der Waals surface area contributed by atoms with Crippen LogP contribution in [0.15, 0.2) is 30.3 Å². The molecule has 4 heteroatoms. The Morgan fingerprint density at radius 3 is 2.30 bits per heavy atom. The van der Waals surface area contributed by atoms with Crippen LogP contribution in [0.5, 0.6) is 0 Å². The number of benzene rings is 1. The molecular weight excluding hydrogens is 274 g/mol. The smallest absolute Gasteiger partial charge is 0.338 e. The van der Waals surface area contributed by atoms with Gasteiger partial charge < -0.3 is 9.64 Å². The van der Waals surface area contributed by atoms with E-state index in [0.717, 1.165) is 32.5 Å². The lowest BCUT2D eigenvalue weighted by Crippen LogP contribution is -2.23. The average Bonchev–Trinajstić information content (AvgIpc) is 2.47. The fraction of sp³-hybridized carbons (Fsp3) is 0.562. The molecule has 1 aromatic rings. The highest BCUT2D eigenvalue weighted by Crippen LogP contribution is 2.03. The summed E-state index contributed by atoms with van der Waals surface area (Å²) in [5.41, 5.74) is 0.630. The molecule has 0 radical (unpaired) electrons. The van der Waals surface area contributed by atoms with Gasteiger partial charge in [-0.05, 0) is 51.0 Å². The lowest BCUT2D eigenvalue weighted by atomic mass is 10.2. The first-order valence-corrected chi connectivity index (χ1v) is 7.22. The maximum Gasteiger partial charge on any atom is 0.338 e. The molecule has 0 aliphatic rings. The van der Waals surface area contributed by atoms with E-state index in [2.05, 4.69) is 18.7 Å². The van der Waals surface area contributed by atoms with Gasteiger partial charge in [0.25, 0.3) is 0 Å². The van der Waals surface area contributed by atoms with Gasteiger partial charge in [-0.15, -0.1) is 12.4 Å². The van der Waals surface area contributed by atoms with E-state index in [-0.39, 0.29) is 18.4 Å². The third-order valence-corrected chi connectivity index (χ3v) is 3.26. The zero-order chi connectivity index (χ0) is 13.9. The summed E-state index contributed by atoms with van der Waals surface area (Å²) in [7, 11) is 0. The average molecular weight is 300 g/mol. The molecule has 20 heavy (non-hydrogen) atoms. The van der Waals surface area contributed by atoms with E-state index in [0.29, 0.717) is 12.2 Å². The molecule has 0 bridgehead atoms. The minimum atomic E-state index is -0.218. The number of rotatable bonds is 9. The fourth-order valence-electron chi connectivity index (χ4n) is 1.98. The number of unbranched alkanes of at least 4 members (excludes halogenated alkanes) is 2. The standard InChI is InChI=1S/C16H25NO2.ClH/c1-3-17(4-2)13-9-6-10-14-19-16(18)15-11-7-5-8-12-15;/h5,7-8,11-12H,3-4,6,9-10,13-14H2,1-2H3;1H. The quantitative estimate of drug-likeness (QED) is 0.513. The molecule has 0 saturated heterocycles. The molecule has 3 nitrogen and oxygen atoms in total. The van der Waals surface area contributed by atoms with Crippen molar-refractivity contribution in [2.75, 3.05) is 26.2 Å². The van der Waals surface area contributed by atoms with Crippen molar-refractivity contribution in [3.05, 3.63) is 35.9 Å². The molecule has 0 aromatic heterocycles. The highest BCUT2D eigenvalue weighted by Gasteiger charge is 2.05. The van der Waals surface area contributed by atoms with Crippen LogP contribution < -0.4 is 0 Å². The highest BCUT2D eigenvalue weighted by molar-refractivity contribution is 5.89. The monoisotopic (exact) mass is 299 g/mol. The minimum absolute atomic E-state index is 0. The van der Waals surface area contributed by atoms with Gasteiger partial charge in [0.2, 0.25) is 0 Å². The van der Waals surface area contributed by atoms with Crippen molar-refractivity contribution in [1.82, 2.24) is 4.90 Å². The van der Waals surface area contributed by atoms with Crippen LogP contribution in [0.3, 0.4) is 0 Å². The second kappa shape index (κ2) is 11.7. The van der Waals surface area contributed by atoms with Gasteiger partial charge in [0, 0.05) is 0 Å². The Hall–Kier alpha value is -1.06. The molecular formula is C16H26ClNO2. The van der Waals surface area contributed by atoms with Crippen LogP contribution >= 0.6 is 12.4 Å². The van der Waals surface area contributed by atoms with E-state index >= 15 is 0 Å². The summed E-state index contributed by atoms with van der Waals surface area (Å²) in [6, 6.07) is 9.15. The van der Waals surface area contributed by atoms with Crippen LogP contribution in [0, 0.1) is 0 Å². The molecule has 0 spiro atoms. The second-order valence-corrected chi connectivity index (χ2v) is 4.59. The van der Waals surface area contributed by atoms with Crippen LogP contribution in [-0.2, 0) is 4.74 Å². The van der Waals surface area contributed by atoms with Gasteiger partial charge >= 0.3 is 5.97 Å². The number of hydrogen-bond acceptors (Lipinski definition) is 3. The molecule has 0 amide bonds. The largest absolute Gasteiger partial charge is 0.462 e. The fourth-order valence-corrected chi connectivity index (χ4v) is 1.98. The Bertz CT molecular complexity index is 353. The van der Waals surface area contributed by atoms with Gasteiger partial charge in [-0.1, -0.05) is 32.0 Å². The van der Waals surface area contributed by atoms with Crippen molar-refractivity contribution in [1.29, 1.82) is 0 Å². The van der Waals surface area contributed by atoms with E-state index in [1.165, 1.54) is 6.42 Å². The molecule has 0 heterocycles. The van der Waals surface area contributed by atoms with Gasteiger partial charge in [0.05, 0.1) is 12.2 Å². The third-order valence-electron chi connectivity index (χ3n) is 3.26. The normalized spacial score (nSPS) is 10.2. The van der Waals surface area contributed by atoms with Gasteiger partial charge in [0.15, 0.2) is 0 Å². The van der Waals surface area contributed by atoms with Gasteiger partial charge in [-0.3, -0.25) is 0 Å². The van der Waals surface area contributed by atoms with Crippen LogP contribution in [0.4, 0.5) is 0 Å². The second-order valence-electron chi connectivity index (χ2n) is 4.59. The summed E-state index contributed by atoms with van der Waals surface area (Å²) in [5.74, 6) is -0.218. The predicted molar refractivity (Wildman–Crippen MR) is 85.6 cm³/mol. The SMILES string of the molecule is CCN(CC)CCCCCOC(=O)c1ccccc1.Cl. The predicted octanol–water partition coefficient (Wildman–Crippen LogP) is 3.78. The zero-order valence-electron chi connectivity index (χ0n) is 12.5. The molecule has 0 atom stereocenters. The summed E-state index contributed by atoms with van der Waals surface area (Å²) >= 11 is 0. The van der Waals surface area contributed by atoms with Crippen molar-refractivity contribution in [3.63, 3.8) is 0 Å². The van der Waals surface area contributed by atoms with Gasteiger partial charge in [0.1, 0.15) is 0 Å². The number of halogens is 1. The Morgan fingerprint density at radius 1 is 1.05 bits per heavy atom. The molecule has 0 saturated carbocycles. The third kappa shape index (κ3) is 7.51. The summed E-state index contributed by atoms with van der Waals surface area (Å²) < 4.78 is 5.24. The van der Waals surface area contributed by atoms with Crippen molar-refractivity contribution in [2.24, 2.45) is 0 Å². The number of carbonyl (C=O) groups excluding carboxylic acids is 1. The van der Waals surface area contributed by atoms with Crippen LogP contribution in [0.1, 0.15) is 43.5 Å². The lowest BCUT2D eigenvalue weighted by Gasteiger charge is -2.17. The zero-order valence-corrected chi connectivity index (χ0v) is 13.3. The molecule has 0 fully saturated rings. The number of ether oxygens (including phenoxy) is 1. The van der Waals surface area contributed by atoms with E-state index in [9.17, 15) is 4.79 Å². The highest BCUT2D eigenvalue weighted by atomic mass is 35.5. The number of esters is 1. The minimum Gasteiger partial charge on any atom is -0.462 e. The first-order chi connectivity index (χ1) is 9.27. The maximum absolute atomic E-state index is 11.6. The topological polar surface area (TPSA) is 29.5 Å². The maximum atomic E-state index is 11.6. The molecule has 0 aliphatic heterocycles. The Morgan fingerprint density at radius 2 is 1.70 bits per heavy atom. The number of carbonyl (C=O) groups is 1. The number of nitrogens with zero attached hydrogens (tertiary/aromatic N) is 1. The number of hydrogen-bond donors (Lipinski definition) is 0. The summed E-state index contributed by atoms with van der Waals surface area (Å²) in [4.78, 5) is 14.1. The molecule has 0 aliphatic carbocycles. The molecule has 114 valence electrons.